The van der Waals surface area contributed by atoms with E-state index in [2.05, 4.69) is 10.6 Å². The zero-order valence-electron chi connectivity index (χ0n) is 11.8. The average Bonchev–Trinajstić information content (AvgIpc) is 2.88. The van der Waals surface area contributed by atoms with E-state index in [1.54, 1.807) is 24.3 Å². The topological polar surface area (TPSA) is 84.5 Å². The lowest BCUT2D eigenvalue weighted by molar-refractivity contribution is 0.0959. The van der Waals surface area contributed by atoms with Crippen molar-refractivity contribution in [3.05, 3.63) is 58.6 Å². The van der Waals surface area contributed by atoms with Gasteiger partial charge in [-0.2, -0.15) is 0 Å². The van der Waals surface area contributed by atoms with E-state index in [0.717, 1.165) is 0 Å². The zero-order valence-corrected chi connectivity index (χ0v) is 12.5. The molecule has 0 atom stereocenters. The zero-order chi connectivity index (χ0) is 16.4. The molecule has 2 N–H and O–H groups in total. The molecule has 0 bridgehead atoms. The summed E-state index contributed by atoms with van der Waals surface area (Å²) in [6.45, 7) is -0.0321. The van der Waals surface area contributed by atoms with Gasteiger partial charge in [0.25, 0.3) is 5.91 Å². The van der Waals surface area contributed by atoms with E-state index in [9.17, 15) is 14.4 Å². The highest BCUT2D eigenvalue weighted by molar-refractivity contribution is 6.30. The molecule has 0 saturated heterocycles. The Morgan fingerprint density at radius 2 is 1.96 bits per heavy atom. The third kappa shape index (κ3) is 3.32. The Morgan fingerprint density at radius 1 is 1.13 bits per heavy atom. The molecular formula is C16H11ClN2O4. The predicted molar refractivity (Wildman–Crippen MR) is 84.2 cm³/mol. The quantitative estimate of drug-likeness (QED) is 0.886. The monoisotopic (exact) mass is 330 g/mol. The molecule has 3 amide bonds. The molecule has 0 aromatic heterocycles. The summed E-state index contributed by atoms with van der Waals surface area (Å²) in [6.07, 6.45) is 0. The second-order valence-electron chi connectivity index (χ2n) is 4.84. The first-order chi connectivity index (χ1) is 11.0. The largest absolute Gasteiger partial charge is 0.485 e. The van der Waals surface area contributed by atoms with Crippen molar-refractivity contribution in [1.29, 1.82) is 0 Å². The van der Waals surface area contributed by atoms with Crippen molar-refractivity contribution in [2.75, 3.05) is 11.9 Å². The van der Waals surface area contributed by atoms with Crippen LogP contribution in [0.2, 0.25) is 5.02 Å². The van der Waals surface area contributed by atoms with Crippen LogP contribution in [0.1, 0.15) is 20.7 Å². The number of ketones is 1. The van der Waals surface area contributed by atoms with Gasteiger partial charge in [-0.05, 0) is 36.4 Å². The molecule has 6 nitrogen and oxygen atoms in total. The number of rotatable bonds is 2. The first-order valence-corrected chi connectivity index (χ1v) is 7.09. The second-order valence-corrected chi connectivity index (χ2v) is 5.28. The molecule has 23 heavy (non-hydrogen) atoms. The van der Waals surface area contributed by atoms with Gasteiger partial charge in [-0.25, -0.2) is 4.79 Å². The van der Waals surface area contributed by atoms with E-state index in [4.69, 9.17) is 16.3 Å². The Hall–Kier alpha value is -2.86. The minimum atomic E-state index is -0.694. The van der Waals surface area contributed by atoms with Gasteiger partial charge in [0.1, 0.15) is 5.75 Å². The lowest BCUT2D eigenvalue weighted by Crippen LogP contribution is -2.34. The van der Waals surface area contributed by atoms with Crippen molar-refractivity contribution >= 4 is 35.0 Å². The normalized spacial score (nSPS) is 12.3. The molecule has 0 unspecified atom stereocenters. The number of carbonyl (C=O) groups excluding carboxylic acids is 3. The van der Waals surface area contributed by atoms with E-state index in [-0.39, 0.29) is 18.0 Å². The lowest BCUT2D eigenvalue weighted by Gasteiger charge is -2.07. The molecule has 3 rings (SSSR count). The average molecular weight is 331 g/mol. The third-order valence-corrected chi connectivity index (χ3v) is 3.45. The molecule has 0 saturated carbocycles. The Kier molecular flexibility index (Phi) is 3.99. The molecule has 7 heteroatoms. The van der Waals surface area contributed by atoms with Crippen LogP contribution in [0.4, 0.5) is 10.5 Å². The molecule has 0 spiro atoms. The fourth-order valence-corrected chi connectivity index (χ4v) is 2.33. The summed E-state index contributed by atoms with van der Waals surface area (Å²) in [6, 6.07) is 10.3. The molecule has 1 heterocycles. The van der Waals surface area contributed by atoms with Crippen molar-refractivity contribution in [1.82, 2.24) is 5.32 Å². The van der Waals surface area contributed by atoms with Crippen LogP contribution in [-0.2, 0) is 0 Å². The van der Waals surface area contributed by atoms with Gasteiger partial charge in [0.15, 0.2) is 6.61 Å². The maximum Gasteiger partial charge on any atom is 0.326 e. The number of imide groups is 1. The number of halogens is 1. The van der Waals surface area contributed by atoms with Gasteiger partial charge >= 0.3 is 6.03 Å². The molecule has 2 aromatic rings. The molecule has 0 radical (unpaired) electrons. The highest BCUT2D eigenvalue weighted by atomic mass is 35.5. The molecule has 1 aliphatic rings. The fraction of sp³-hybridized carbons (Fsp3) is 0.0625. The van der Waals surface area contributed by atoms with Gasteiger partial charge in [0, 0.05) is 16.3 Å². The van der Waals surface area contributed by atoms with E-state index in [0.29, 0.717) is 22.0 Å². The molecular weight excluding hydrogens is 320 g/mol. The number of nitrogens with one attached hydrogen (secondary N) is 2. The van der Waals surface area contributed by atoms with Crippen LogP contribution in [-0.4, -0.2) is 24.3 Å². The van der Waals surface area contributed by atoms with Crippen molar-refractivity contribution in [3.8, 4) is 5.75 Å². The van der Waals surface area contributed by atoms with Crippen molar-refractivity contribution in [2.24, 2.45) is 0 Å². The van der Waals surface area contributed by atoms with Crippen LogP contribution in [0.15, 0.2) is 42.5 Å². The summed E-state index contributed by atoms with van der Waals surface area (Å²) in [4.78, 5) is 35.5. The van der Waals surface area contributed by atoms with Crippen LogP contribution in [0.5, 0.6) is 5.75 Å². The van der Waals surface area contributed by atoms with Gasteiger partial charge in [-0.15, -0.1) is 0 Å². The van der Waals surface area contributed by atoms with Crippen molar-refractivity contribution < 1.29 is 19.1 Å². The standard InChI is InChI=1S/C16H11ClN2O4/c17-10-2-1-3-11(7-10)18-16(22)19-15(21)9-4-5-14-12(6-9)13(20)8-23-14/h1-7H,8H2,(H2,18,19,21,22). The Labute approximate surface area is 136 Å². The first kappa shape index (κ1) is 15.1. The number of benzene rings is 2. The van der Waals surface area contributed by atoms with E-state index < -0.39 is 11.9 Å². The van der Waals surface area contributed by atoms with Crippen molar-refractivity contribution in [3.63, 3.8) is 0 Å². The van der Waals surface area contributed by atoms with Crippen LogP contribution < -0.4 is 15.4 Å². The van der Waals surface area contributed by atoms with Crippen molar-refractivity contribution in [2.45, 2.75) is 0 Å². The van der Waals surface area contributed by atoms with Crippen LogP contribution in [0, 0.1) is 0 Å². The molecule has 116 valence electrons. The van der Waals surface area contributed by atoms with Crippen LogP contribution >= 0.6 is 11.6 Å². The summed E-state index contributed by atoms with van der Waals surface area (Å²) in [7, 11) is 0. The minimum Gasteiger partial charge on any atom is -0.485 e. The third-order valence-electron chi connectivity index (χ3n) is 3.21. The Bertz CT molecular complexity index is 819. The van der Waals surface area contributed by atoms with Gasteiger partial charge < -0.3 is 10.1 Å². The van der Waals surface area contributed by atoms with Gasteiger partial charge in [0.05, 0.1) is 5.56 Å². The number of anilines is 1. The molecule has 0 aliphatic carbocycles. The Balaban J connectivity index is 1.68. The SMILES string of the molecule is O=C(NC(=O)c1ccc2c(c1)C(=O)CO2)Nc1cccc(Cl)c1. The highest BCUT2D eigenvalue weighted by Gasteiger charge is 2.23. The van der Waals surface area contributed by atoms with Crippen LogP contribution in [0.3, 0.4) is 0 Å². The highest BCUT2D eigenvalue weighted by Crippen LogP contribution is 2.25. The summed E-state index contributed by atoms with van der Waals surface area (Å²) >= 11 is 5.82. The molecule has 2 aromatic carbocycles. The number of carbonyl (C=O) groups is 3. The lowest BCUT2D eigenvalue weighted by atomic mass is 10.1. The smallest absolute Gasteiger partial charge is 0.326 e. The molecule has 1 aliphatic heterocycles. The number of urea groups is 1. The minimum absolute atomic E-state index is 0.0321. The Morgan fingerprint density at radius 3 is 2.74 bits per heavy atom. The summed E-state index contributed by atoms with van der Waals surface area (Å²) in [5.41, 5.74) is 0.997. The second kappa shape index (κ2) is 6.10. The number of hydrogen-bond donors (Lipinski definition) is 2. The number of ether oxygens (including phenoxy) is 1. The molecule has 0 fully saturated rings. The van der Waals surface area contributed by atoms with Gasteiger partial charge in [-0.1, -0.05) is 17.7 Å². The van der Waals surface area contributed by atoms with E-state index in [1.807, 2.05) is 0 Å². The first-order valence-electron chi connectivity index (χ1n) is 6.71. The number of hydrogen-bond acceptors (Lipinski definition) is 4. The number of fused-ring (bicyclic) bond motifs is 1. The van der Waals surface area contributed by atoms with Gasteiger partial charge in [-0.3, -0.25) is 14.9 Å². The number of Topliss-reactive ketones (excluding diaryl/α,β-unsaturated/α-hetero) is 1. The fourth-order valence-electron chi connectivity index (χ4n) is 2.14. The summed E-state index contributed by atoms with van der Waals surface area (Å²) < 4.78 is 5.14. The maximum absolute atomic E-state index is 12.1. The summed E-state index contributed by atoms with van der Waals surface area (Å²) in [5.74, 6) is -0.375. The predicted octanol–water partition coefficient (Wildman–Crippen LogP) is 2.88. The van der Waals surface area contributed by atoms with Crippen LogP contribution in [0.25, 0.3) is 0 Å². The maximum atomic E-state index is 12.1. The van der Waals surface area contributed by atoms with E-state index >= 15 is 0 Å². The van der Waals surface area contributed by atoms with E-state index in [1.165, 1.54) is 18.2 Å². The van der Waals surface area contributed by atoms with Gasteiger partial charge in [0.2, 0.25) is 5.78 Å². The number of amides is 3. The summed E-state index contributed by atoms with van der Waals surface area (Å²) in [5, 5.41) is 5.15.